The second-order valence-electron chi connectivity index (χ2n) is 7.46. The highest BCUT2D eigenvalue weighted by Gasteiger charge is 2.15. The van der Waals surface area contributed by atoms with Crippen molar-refractivity contribution in [1.29, 1.82) is 0 Å². The first-order valence-electron chi connectivity index (χ1n) is 9.90. The lowest BCUT2D eigenvalue weighted by Crippen LogP contribution is -2.26. The molecule has 4 rings (SSSR count). The number of benzene rings is 2. The Labute approximate surface area is 183 Å². The summed E-state index contributed by atoms with van der Waals surface area (Å²) in [5, 5.41) is 8.37. The molecule has 2 N–H and O–H groups in total. The van der Waals surface area contributed by atoms with Crippen molar-refractivity contribution in [1.82, 2.24) is 20.4 Å². The number of hydrogen-bond acceptors (Lipinski definition) is 5. The lowest BCUT2D eigenvalue weighted by atomic mass is 10.1. The summed E-state index contributed by atoms with van der Waals surface area (Å²) in [5.74, 6) is 0.363. The van der Waals surface area contributed by atoms with Crippen molar-refractivity contribution in [3.8, 4) is 11.4 Å². The average Bonchev–Trinajstić information content (AvgIpc) is 3.21. The van der Waals surface area contributed by atoms with Gasteiger partial charge in [0.2, 0.25) is 17.6 Å². The van der Waals surface area contributed by atoms with E-state index in [4.69, 9.17) is 16.1 Å². The minimum Gasteiger partial charge on any atom is -0.350 e. The van der Waals surface area contributed by atoms with Crippen LogP contribution in [0.2, 0.25) is 5.02 Å². The van der Waals surface area contributed by atoms with E-state index in [1.54, 1.807) is 18.2 Å². The standard InChI is InChI=1S/C23H21ClN4O3/c1-13-3-4-16-12-18(23(30)26-19(16)11-13)22-27-21(31-28-22)10-9-20(29)25-14(2)15-5-7-17(24)8-6-15/h3-8,11-12,14H,9-10H2,1-2H3,(H,25,29)(H,26,30). The quantitative estimate of drug-likeness (QED) is 0.468. The molecule has 7 nitrogen and oxygen atoms in total. The third-order valence-corrected chi connectivity index (χ3v) is 5.28. The van der Waals surface area contributed by atoms with Gasteiger partial charge in [0.1, 0.15) is 0 Å². The molecule has 31 heavy (non-hydrogen) atoms. The van der Waals surface area contributed by atoms with Crippen LogP contribution < -0.4 is 10.9 Å². The van der Waals surface area contributed by atoms with Crippen LogP contribution in [0.3, 0.4) is 0 Å². The van der Waals surface area contributed by atoms with E-state index >= 15 is 0 Å². The second-order valence-corrected chi connectivity index (χ2v) is 7.89. The van der Waals surface area contributed by atoms with Crippen molar-refractivity contribution in [2.24, 2.45) is 0 Å². The van der Waals surface area contributed by atoms with Gasteiger partial charge in [-0.1, -0.05) is 41.0 Å². The fourth-order valence-electron chi connectivity index (χ4n) is 3.32. The molecule has 8 heteroatoms. The minimum absolute atomic E-state index is 0.138. The Hall–Kier alpha value is -3.45. The first-order valence-corrected chi connectivity index (χ1v) is 10.3. The number of nitrogens with zero attached hydrogens (tertiary/aromatic N) is 2. The van der Waals surface area contributed by atoms with Gasteiger partial charge in [0.25, 0.3) is 5.56 Å². The molecule has 2 aromatic heterocycles. The second kappa shape index (κ2) is 8.73. The molecule has 0 aliphatic rings. The molecule has 158 valence electrons. The number of carbonyl (C=O) groups is 1. The molecule has 0 spiro atoms. The maximum Gasteiger partial charge on any atom is 0.259 e. The van der Waals surface area contributed by atoms with E-state index in [0.29, 0.717) is 16.5 Å². The molecule has 1 unspecified atom stereocenters. The van der Waals surface area contributed by atoms with Gasteiger partial charge in [-0.3, -0.25) is 9.59 Å². The lowest BCUT2D eigenvalue weighted by Gasteiger charge is -2.14. The Morgan fingerprint density at radius 2 is 1.97 bits per heavy atom. The molecule has 0 saturated heterocycles. The first-order chi connectivity index (χ1) is 14.9. The molecule has 4 aromatic rings. The number of pyridine rings is 1. The number of carbonyl (C=O) groups excluding carboxylic acids is 1. The number of aryl methyl sites for hydroxylation is 2. The summed E-state index contributed by atoms with van der Waals surface area (Å²) >= 11 is 5.90. The zero-order chi connectivity index (χ0) is 22.0. The normalized spacial score (nSPS) is 12.1. The molecular formula is C23H21ClN4O3. The molecule has 1 atom stereocenters. The molecule has 0 radical (unpaired) electrons. The number of halogens is 1. The maximum atomic E-state index is 12.4. The van der Waals surface area contributed by atoms with E-state index in [1.165, 1.54) is 0 Å². The summed E-state index contributed by atoms with van der Waals surface area (Å²) in [5.41, 5.74) is 2.81. The summed E-state index contributed by atoms with van der Waals surface area (Å²) in [6.45, 7) is 3.86. The Morgan fingerprint density at radius 1 is 1.19 bits per heavy atom. The lowest BCUT2D eigenvalue weighted by molar-refractivity contribution is -0.121. The fourth-order valence-corrected chi connectivity index (χ4v) is 3.44. The summed E-state index contributed by atoms with van der Waals surface area (Å²) < 4.78 is 5.25. The highest BCUT2D eigenvalue weighted by Crippen LogP contribution is 2.19. The van der Waals surface area contributed by atoms with Crippen LogP contribution in [0.15, 0.2) is 57.8 Å². The van der Waals surface area contributed by atoms with Gasteiger partial charge in [0, 0.05) is 23.4 Å². The molecular weight excluding hydrogens is 416 g/mol. The van der Waals surface area contributed by atoms with Gasteiger partial charge in [0.15, 0.2) is 0 Å². The molecule has 2 heterocycles. The highest BCUT2D eigenvalue weighted by molar-refractivity contribution is 6.30. The average molecular weight is 437 g/mol. The Bertz CT molecular complexity index is 1290. The third-order valence-electron chi connectivity index (χ3n) is 5.02. The number of fused-ring (bicyclic) bond motifs is 1. The van der Waals surface area contributed by atoms with Crippen molar-refractivity contribution in [3.05, 3.63) is 80.9 Å². The molecule has 0 bridgehead atoms. The van der Waals surface area contributed by atoms with Gasteiger partial charge in [-0.15, -0.1) is 0 Å². The van der Waals surface area contributed by atoms with Crippen LogP contribution in [0.5, 0.6) is 0 Å². The third kappa shape index (κ3) is 4.83. The van der Waals surface area contributed by atoms with Crippen LogP contribution in [0.4, 0.5) is 0 Å². The van der Waals surface area contributed by atoms with Crippen molar-refractivity contribution >= 4 is 28.4 Å². The van der Waals surface area contributed by atoms with Crippen LogP contribution in [-0.2, 0) is 11.2 Å². The number of aromatic amines is 1. The largest absolute Gasteiger partial charge is 0.350 e. The Kier molecular flexibility index (Phi) is 5.86. The van der Waals surface area contributed by atoms with Gasteiger partial charge in [0.05, 0.1) is 11.6 Å². The van der Waals surface area contributed by atoms with E-state index in [2.05, 4.69) is 20.4 Å². The Balaban J connectivity index is 1.41. The molecule has 0 fully saturated rings. The van der Waals surface area contributed by atoms with Crippen molar-refractivity contribution in [2.45, 2.75) is 32.7 Å². The zero-order valence-electron chi connectivity index (χ0n) is 17.1. The van der Waals surface area contributed by atoms with Gasteiger partial charge in [-0.25, -0.2) is 0 Å². The number of rotatable bonds is 6. The predicted octanol–water partition coefficient (Wildman–Crippen LogP) is 4.35. The van der Waals surface area contributed by atoms with E-state index in [0.717, 1.165) is 22.0 Å². The van der Waals surface area contributed by atoms with Crippen LogP contribution in [0.1, 0.15) is 36.4 Å². The Morgan fingerprint density at radius 3 is 2.74 bits per heavy atom. The van der Waals surface area contributed by atoms with Crippen molar-refractivity contribution < 1.29 is 9.32 Å². The summed E-state index contributed by atoms with van der Waals surface area (Å²) in [6.07, 6.45) is 0.462. The van der Waals surface area contributed by atoms with Gasteiger partial charge in [-0.05, 0) is 54.6 Å². The highest BCUT2D eigenvalue weighted by atomic mass is 35.5. The molecule has 2 aromatic carbocycles. The van der Waals surface area contributed by atoms with E-state index < -0.39 is 0 Å². The minimum atomic E-state index is -0.292. The van der Waals surface area contributed by atoms with Gasteiger partial charge >= 0.3 is 0 Å². The van der Waals surface area contributed by atoms with Gasteiger partial charge < -0.3 is 14.8 Å². The summed E-state index contributed by atoms with van der Waals surface area (Å²) in [4.78, 5) is 31.9. The van der Waals surface area contributed by atoms with Crippen LogP contribution >= 0.6 is 11.6 Å². The molecule has 0 aliphatic heterocycles. The SMILES string of the molecule is Cc1ccc2cc(-c3noc(CCC(=O)NC(C)c4ccc(Cl)cc4)n3)c(=O)[nH]c2c1. The number of hydrogen-bond donors (Lipinski definition) is 2. The zero-order valence-corrected chi connectivity index (χ0v) is 17.9. The van der Waals surface area contributed by atoms with Crippen LogP contribution in [0.25, 0.3) is 22.3 Å². The topological polar surface area (TPSA) is 101 Å². The predicted molar refractivity (Wildman–Crippen MR) is 119 cm³/mol. The molecule has 0 saturated carbocycles. The smallest absolute Gasteiger partial charge is 0.259 e. The monoisotopic (exact) mass is 436 g/mol. The number of aromatic nitrogens is 3. The van der Waals surface area contributed by atoms with E-state index in [1.807, 2.05) is 44.2 Å². The molecule has 1 amide bonds. The fraction of sp³-hybridized carbons (Fsp3) is 0.217. The van der Waals surface area contributed by atoms with Crippen LogP contribution in [-0.4, -0.2) is 21.0 Å². The first kappa shape index (κ1) is 20.8. The van der Waals surface area contributed by atoms with Crippen LogP contribution in [0, 0.1) is 6.92 Å². The maximum absolute atomic E-state index is 12.4. The van der Waals surface area contributed by atoms with E-state index in [9.17, 15) is 9.59 Å². The van der Waals surface area contributed by atoms with E-state index in [-0.39, 0.29) is 36.2 Å². The summed E-state index contributed by atoms with van der Waals surface area (Å²) in [6, 6.07) is 14.7. The number of nitrogens with one attached hydrogen (secondary N) is 2. The van der Waals surface area contributed by atoms with Gasteiger partial charge in [-0.2, -0.15) is 4.98 Å². The van der Waals surface area contributed by atoms with Crippen molar-refractivity contribution in [2.75, 3.05) is 0 Å². The number of amides is 1. The van der Waals surface area contributed by atoms with Crippen molar-refractivity contribution in [3.63, 3.8) is 0 Å². The summed E-state index contributed by atoms with van der Waals surface area (Å²) in [7, 11) is 0. The molecule has 0 aliphatic carbocycles. The number of H-pyrrole nitrogens is 1.